The molecule has 0 atom stereocenters. The third-order valence-corrected chi connectivity index (χ3v) is 2.95. The van der Waals surface area contributed by atoms with Crippen LogP contribution in [0.1, 0.15) is 39.0 Å². The number of esters is 1. The lowest BCUT2D eigenvalue weighted by Crippen LogP contribution is -2.38. The molecule has 4 nitrogen and oxygen atoms in total. The highest BCUT2D eigenvalue weighted by atomic mass is 16.5. The molecule has 1 N–H and O–H groups in total. The second kappa shape index (κ2) is 5.73. The molecule has 0 aromatic carbocycles. The van der Waals surface area contributed by atoms with Gasteiger partial charge < -0.3 is 10.1 Å². The maximum absolute atomic E-state index is 11.2. The molecule has 1 aliphatic rings. The van der Waals surface area contributed by atoms with Gasteiger partial charge in [0, 0.05) is 12.5 Å². The van der Waals surface area contributed by atoms with E-state index in [2.05, 4.69) is 5.32 Å². The van der Waals surface area contributed by atoms with Crippen LogP contribution >= 0.6 is 0 Å². The normalized spacial score (nSPS) is 25.7. The van der Waals surface area contributed by atoms with Crippen molar-refractivity contribution in [1.82, 2.24) is 5.32 Å². The van der Waals surface area contributed by atoms with Crippen molar-refractivity contribution in [2.75, 3.05) is 7.11 Å². The summed E-state index contributed by atoms with van der Waals surface area (Å²) in [4.78, 5) is 22.4. The molecule has 15 heavy (non-hydrogen) atoms. The number of ether oxygens (including phenoxy) is 1. The minimum absolute atomic E-state index is 0.0322. The lowest BCUT2D eigenvalue weighted by atomic mass is 9.86. The van der Waals surface area contributed by atoms with Crippen LogP contribution in [0.5, 0.6) is 0 Å². The topological polar surface area (TPSA) is 55.4 Å². The first kappa shape index (κ1) is 12.0. The fourth-order valence-electron chi connectivity index (χ4n) is 1.97. The Kier molecular flexibility index (Phi) is 4.59. The molecule has 0 saturated heterocycles. The lowest BCUT2D eigenvalue weighted by molar-refractivity contribution is -0.146. The maximum Gasteiger partial charge on any atom is 0.308 e. The van der Waals surface area contributed by atoms with Gasteiger partial charge in [0.05, 0.1) is 13.0 Å². The van der Waals surface area contributed by atoms with Gasteiger partial charge in [-0.15, -0.1) is 0 Å². The van der Waals surface area contributed by atoms with E-state index in [4.69, 9.17) is 4.74 Å². The summed E-state index contributed by atoms with van der Waals surface area (Å²) in [5.41, 5.74) is 0. The van der Waals surface area contributed by atoms with Crippen LogP contribution in [0.4, 0.5) is 0 Å². The molecular formula is C11H19NO3. The summed E-state index contributed by atoms with van der Waals surface area (Å²) >= 11 is 0. The molecule has 0 heterocycles. The van der Waals surface area contributed by atoms with E-state index in [1.165, 1.54) is 7.11 Å². The SMILES string of the molecule is CCC(=O)N[C@H]1CC[C@H](C(=O)OC)CC1. The molecule has 4 heteroatoms. The number of nitrogens with one attached hydrogen (secondary N) is 1. The average Bonchev–Trinajstić information content (AvgIpc) is 2.29. The van der Waals surface area contributed by atoms with Gasteiger partial charge in [0.15, 0.2) is 0 Å². The summed E-state index contributed by atoms with van der Waals surface area (Å²) in [5, 5.41) is 2.95. The number of carbonyl (C=O) groups excluding carboxylic acids is 2. The Balaban J connectivity index is 2.29. The first-order chi connectivity index (χ1) is 7.17. The molecule has 0 radical (unpaired) electrons. The Morgan fingerprint density at radius 1 is 1.27 bits per heavy atom. The Bertz CT molecular complexity index is 232. The van der Waals surface area contributed by atoms with E-state index in [0.717, 1.165) is 25.7 Å². The number of methoxy groups -OCH3 is 1. The number of amides is 1. The molecule has 1 saturated carbocycles. The zero-order chi connectivity index (χ0) is 11.3. The Hall–Kier alpha value is -1.06. The van der Waals surface area contributed by atoms with Gasteiger partial charge in [0.1, 0.15) is 0 Å². The van der Waals surface area contributed by atoms with Gasteiger partial charge in [-0.05, 0) is 25.7 Å². The van der Waals surface area contributed by atoms with Gasteiger partial charge in [-0.25, -0.2) is 0 Å². The Labute approximate surface area is 90.4 Å². The van der Waals surface area contributed by atoms with Gasteiger partial charge in [-0.1, -0.05) is 6.92 Å². The van der Waals surface area contributed by atoms with Gasteiger partial charge in [0.25, 0.3) is 0 Å². The zero-order valence-electron chi connectivity index (χ0n) is 9.41. The monoisotopic (exact) mass is 213 g/mol. The predicted molar refractivity (Wildman–Crippen MR) is 56.2 cm³/mol. The van der Waals surface area contributed by atoms with E-state index in [9.17, 15) is 9.59 Å². The largest absolute Gasteiger partial charge is 0.469 e. The first-order valence-electron chi connectivity index (χ1n) is 5.54. The number of carbonyl (C=O) groups is 2. The fraction of sp³-hybridized carbons (Fsp3) is 0.818. The number of hydrogen-bond acceptors (Lipinski definition) is 3. The molecule has 0 aromatic rings. The quantitative estimate of drug-likeness (QED) is 0.718. The van der Waals surface area contributed by atoms with Crippen LogP contribution in [0, 0.1) is 5.92 Å². The van der Waals surface area contributed by atoms with E-state index in [1.54, 1.807) is 0 Å². The van der Waals surface area contributed by atoms with E-state index in [0.29, 0.717) is 6.42 Å². The molecule has 0 aromatic heterocycles. The highest BCUT2D eigenvalue weighted by molar-refractivity contribution is 5.76. The summed E-state index contributed by atoms with van der Waals surface area (Å²) in [6, 6.07) is 0.248. The van der Waals surface area contributed by atoms with Crippen LogP contribution in [0.2, 0.25) is 0 Å². The van der Waals surface area contributed by atoms with Gasteiger partial charge in [0.2, 0.25) is 5.91 Å². The van der Waals surface area contributed by atoms with Crippen molar-refractivity contribution in [3.05, 3.63) is 0 Å². The Morgan fingerprint density at radius 3 is 2.33 bits per heavy atom. The van der Waals surface area contributed by atoms with Crippen LogP contribution in [0.15, 0.2) is 0 Å². The molecule has 0 bridgehead atoms. The Morgan fingerprint density at radius 2 is 1.87 bits per heavy atom. The van der Waals surface area contributed by atoms with Crippen LogP contribution < -0.4 is 5.32 Å². The molecule has 86 valence electrons. The highest BCUT2D eigenvalue weighted by Crippen LogP contribution is 2.25. The smallest absolute Gasteiger partial charge is 0.308 e. The van der Waals surface area contributed by atoms with Crippen molar-refractivity contribution in [2.45, 2.75) is 45.1 Å². The first-order valence-corrected chi connectivity index (χ1v) is 5.54. The second-order valence-corrected chi connectivity index (χ2v) is 3.99. The molecule has 0 spiro atoms. The predicted octanol–water partition coefficient (Wildman–Crippen LogP) is 1.24. The van der Waals surface area contributed by atoms with Gasteiger partial charge >= 0.3 is 5.97 Å². The maximum atomic E-state index is 11.2. The number of hydrogen-bond donors (Lipinski definition) is 1. The molecule has 1 aliphatic carbocycles. The molecular weight excluding hydrogens is 194 g/mol. The molecule has 1 fully saturated rings. The minimum atomic E-state index is -0.115. The van der Waals surface area contributed by atoms with Gasteiger partial charge in [-0.3, -0.25) is 9.59 Å². The summed E-state index contributed by atoms with van der Waals surface area (Å²) in [6.45, 7) is 1.84. The van der Waals surface area contributed by atoms with Crippen LogP contribution in [-0.2, 0) is 14.3 Å². The molecule has 1 amide bonds. The summed E-state index contributed by atoms with van der Waals surface area (Å²) in [5.74, 6) is 0.0107. The van der Waals surface area contributed by atoms with Crippen molar-refractivity contribution in [2.24, 2.45) is 5.92 Å². The van der Waals surface area contributed by atoms with Crippen molar-refractivity contribution in [1.29, 1.82) is 0 Å². The van der Waals surface area contributed by atoms with E-state index in [-0.39, 0.29) is 23.8 Å². The minimum Gasteiger partial charge on any atom is -0.469 e. The van der Waals surface area contributed by atoms with Crippen LogP contribution in [0.25, 0.3) is 0 Å². The molecule has 1 rings (SSSR count). The van der Waals surface area contributed by atoms with Crippen molar-refractivity contribution in [3.8, 4) is 0 Å². The fourth-order valence-corrected chi connectivity index (χ4v) is 1.97. The summed E-state index contributed by atoms with van der Waals surface area (Å²) in [7, 11) is 1.42. The standard InChI is InChI=1S/C11H19NO3/c1-3-10(13)12-9-6-4-8(5-7-9)11(14)15-2/h8-9H,3-7H2,1-2H3,(H,12,13)/t8-,9-. The zero-order valence-corrected chi connectivity index (χ0v) is 9.41. The third-order valence-electron chi connectivity index (χ3n) is 2.95. The van der Waals surface area contributed by atoms with Crippen molar-refractivity contribution >= 4 is 11.9 Å². The van der Waals surface area contributed by atoms with Crippen LogP contribution in [0.3, 0.4) is 0 Å². The van der Waals surface area contributed by atoms with Gasteiger partial charge in [-0.2, -0.15) is 0 Å². The molecule has 0 aliphatic heterocycles. The summed E-state index contributed by atoms with van der Waals surface area (Å²) in [6.07, 6.45) is 3.93. The lowest BCUT2D eigenvalue weighted by Gasteiger charge is -2.27. The molecule has 0 unspecified atom stereocenters. The number of rotatable bonds is 3. The summed E-state index contributed by atoms with van der Waals surface area (Å²) < 4.78 is 4.70. The van der Waals surface area contributed by atoms with E-state index >= 15 is 0 Å². The van der Waals surface area contributed by atoms with Crippen molar-refractivity contribution in [3.63, 3.8) is 0 Å². The highest BCUT2D eigenvalue weighted by Gasteiger charge is 2.27. The third kappa shape index (κ3) is 3.53. The van der Waals surface area contributed by atoms with Crippen molar-refractivity contribution < 1.29 is 14.3 Å². The van der Waals surface area contributed by atoms with Crippen LogP contribution in [-0.4, -0.2) is 25.0 Å². The second-order valence-electron chi connectivity index (χ2n) is 3.99. The van der Waals surface area contributed by atoms with E-state index < -0.39 is 0 Å². The van der Waals surface area contributed by atoms with E-state index in [1.807, 2.05) is 6.92 Å². The average molecular weight is 213 g/mol.